The van der Waals surface area contributed by atoms with Gasteiger partial charge < -0.3 is 10.1 Å². The van der Waals surface area contributed by atoms with Crippen molar-refractivity contribution in [2.24, 2.45) is 5.41 Å². The standard InChI is InChI=1S/C11H19NO2/c1-14-10(13)9-7-11(8-12-9)5-3-2-4-6-11/h9,12H,2-8H2,1H3/t9-/m0/s1. The minimum absolute atomic E-state index is 0.0434. The zero-order chi connectivity index (χ0) is 10.0. The Bertz CT molecular complexity index is 221. The minimum Gasteiger partial charge on any atom is -0.468 e. The fraction of sp³-hybridized carbons (Fsp3) is 0.909. The first kappa shape index (κ1) is 9.97. The Morgan fingerprint density at radius 1 is 1.36 bits per heavy atom. The molecule has 1 aliphatic carbocycles. The number of esters is 1. The molecule has 1 saturated carbocycles. The van der Waals surface area contributed by atoms with Crippen LogP contribution in [0.15, 0.2) is 0 Å². The van der Waals surface area contributed by atoms with Gasteiger partial charge >= 0.3 is 5.97 Å². The molecule has 14 heavy (non-hydrogen) atoms. The second-order valence-electron chi connectivity index (χ2n) is 4.72. The van der Waals surface area contributed by atoms with Crippen molar-refractivity contribution in [2.75, 3.05) is 13.7 Å². The Kier molecular flexibility index (Phi) is 2.77. The topological polar surface area (TPSA) is 38.3 Å². The van der Waals surface area contributed by atoms with Gasteiger partial charge in [0.25, 0.3) is 0 Å². The zero-order valence-corrected chi connectivity index (χ0v) is 8.84. The number of rotatable bonds is 1. The third kappa shape index (κ3) is 1.78. The molecule has 3 heteroatoms. The fourth-order valence-electron chi connectivity index (χ4n) is 2.91. The van der Waals surface area contributed by atoms with Crippen molar-refractivity contribution in [2.45, 2.75) is 44.6 Å². The molecule has 1 saturated heterocycles. The molecule has 1 spiro atoms. The summed E-state index contributed by atoms with van der Waals surface area (Å²) in [5, 5.41) is 3.29. The first-order chi connectivity index (χ1) is 6.76. The number of nitrogens with one attached hydrogen (secondary N) is 1. The highest BCUT2D eigenvalue weighted by Crippen LogP contribution is 2.42. The van der Waals surface area contributed by atoms with Crippen molar-refractivity contribution >= 4 is 5.97 Å². The predicted octanol–water partition coefficient (Wildman–Crippen LogP) is 1.47. The molecule has 0 aromatic heterocycles. The van der Waals surface area contributed by atoms with Crippen LogP contribution in [0.4, 0.5) is 0 Å². The highest BCUT2D eigenvalue weighted by Gasteiger charge is 2.42. The third-order valence-corrected chi connectivity index (χ3v) is 3.76. The quantitative estimate of drug-likeness (QED) is 0.647. The maximum absolute atomic E-state index is 11.4. The summed E-state index contributed by atoms with van der Waals surface area (Å²) in [5.74, 6) is -0.0903. The van der Waals surface area contributed by atoms with E-state index >= 15 is 0 Å². The van der Waals surface area contributed by atoms with Crippen molar-refractivity contribution in [3.8, 4) is 0 Å². The summed E-state index contributed by atoms with van der Waals surface area (Å²) >= 11 is 0. The second-order valence-corrected chi connectivity index (χ2v) is 4.72. The zero-order valence-electron chi connectivity index (χ0n) is 8.84. The molecule has 1 atom stereocenters. The smallest absolute Gasteiger partial charge is 0.322 e. The van der Waals surface area contributed by atoms with Gasteiger partial charge in [0, 0.05) is 6.54 Å². The molecule has 2 aliphatic rings. The van der Waals surface area contributed by atoms with Crippen LogP contribution in [-0.4, -0.2) is 25.7 Å². The van der Waals surface area contributed by atoms with Crippen LogP contribution in [0.5, 0.6) is 0 Å². The Labute approximate surface area is 85.2 Å². The Morgan fingerprint density at radius 2 is 2.07 bits per heavy atom. The summed E-state index contributed by atoms with van der Waals surface area (Å²) in [6.45, 7) is 1.01. The van der Waals surface area contributed by atoms with Gasteiger partial charge in [0.1, 0.15) is 6.04 Å². The van der Waals surface area contributed by atoms with Crippen LogP contribution >= 0.6 is 0 Å². The molecule has 0 radical (unpaired) electrons. The number of carbonyl (C=O) groups excluding carboxylic acids is 1. The molecule has 0 aromatic carbocycles. The Balaban J connectivity index is 1.95. The van der Waals surface area contributed by atoms with E-state index in [4.69, 9.17) is 4.74 Å². The molecular weight excluding hydrogens is 178 g/mol. The average Bonchev–Trinajstić information content (AvgIpc) is 2.62. The molecule has 1 heterocycles. The maximum Gasteiger partial charge on any atom is 0.322 e. The summed E-state index contributed by atoms with van der Waals surface area (Å²) in [5.41, 5.74) is 0.414. The van der Waals surface area contributed by atoms with Crippen LogP contribution < -0.4 is 5.32 Å². The number of hydrogen-bond donors (Lipinski definition) is 1. The maximum atomic E-state index is 11.4. The van der Waals surface area contributed by atoms with E-state index in [9.17, 15) is 4.79 Å². The van der Waals surface area contributed by atoms with E-state index in [1.54, 1.807) is 0 Å². The van der Waals surface area contributed by atoms with Gasteiger partial charge in [-0.15, -0.1) is 0 Å². The van der Waals surface area contributed by atoms with Gasteiger partial charge in [0.15, 0.2) is 0 Å². The fourth-order valence-corrected chi connectivity index (χ4v) is 2.91. The molecule has 0 aromatic rings. The van der Waals surface area contributed by atoms with Crippen LogP contribution in [0.2, 0.25) is 0 Å². The van der Waals surface area contributed by atoms with Gasteiger partial charge in [-0.2, -0.15) is 0 Å². The molecule has 80 valence electrons. The van der Waals surface area contributed by atoms with Crippen LogP contribution in [0.1, 0.15) is 38.5 Å². The predicted molar refractivity (Wildman–Crippen MR) is 53.9 cm³/mol. The lowest BCUT2D eigenvalue weighted by atomic mass is 9.73. The lowest BCUT2D eigenvalue weighted by Gasteiger charge is -2.32. The van der Waals surface area contributed by atoms with Crippen LogP contribution in [0.25, 0.3) is 0 Å². The summed E-state index contributed by atoms with van der Waals surface area (Å²) < 4.78 is 4.77. The monoisotopic (exact) mass is 197 g/mol. The Morgan fingerprint density at radius 3 is 2.71 bits per heavy atom. The van der Waals surface area contributed by atoms with E-state index in [0.29, 0.717) is 5.41 Å². The number of hydrogen-bond acceptors (Lipinski definition) is 3. The molecule has 0 bridgehead atoms. The largest absolute Gasteiger partial charge is 0.468 e. The molecule has 0 unspecified atom stereocenters. The summed E-state index contributed by atoms with van der Waals surface area (Å²) in [4.78, 5) is 11.4. The van der Waals surface area contributed by atoms with Crippen LogP contribution in [0.3, 0.4) is 0 Å². The van der Waals surface area contributed by atoms with Crippen molar-refractivity contribution in [1.82, 2.24) is 5.32 Å². The molecule has 2 rings (SSSR count). The normalized spacial score (nSPS) is 30.5. The van der Waals surface area contributed by atoms with E-state index in [2.05, 4.69) is 5.32 Å². The first-order valence-corrected chi connectivity index (χ1v) is 5.57. The van der Waals surface area contributed by atoms with Crippen molar-refractivity contribution in [3.05, 3.63) is 0 Å². The molecule has 1 aliphatic heterocycles. The average molecular weight is 197 g/mol. The van der Waals surface area contributed by atoms with Gasteiger partial charge in [-0.3, -0.25) is 4.79 Å². The van der Waals surface area contributed by atoms with Crippen molar-refractivity contribution in [3.63, 3.8) is 0 Å². The van der Waals surface area contributed by atoms with E-state index in [1.807, 2.05) is 0 Å². The minimum atomic E-state index is -0.0903. The van der Waals surface area contributed by atoms with Crippen molar-refractivity contribution in [1.29, 1.82) is 0 Å². The summed E-state index contributed by atoms with van der Waals surface area (Å²) in [7, 11) is 1.47. The molecule has 2 fully saturated rings. The Hall–Kier alpha value is -0.570. The van der Waals surface area contributed by atoms with Gasteiger partial charge in [-0.05, 0) is 24.7 Å². The molecular formula is C11H19NO2. The lowest BCUT2D eigenvalue weighted by Crippen LogP contribution is -2.31. The van der Waals surface area contributed by atoms with Crippen LogP contribution in [-0.2, 0) is 9.53 Å². The lowest BCUT2D eigenvalue weighted by molar-refractivity contribution is -0.142. The van der Waals surface area contributed by atoms with E-state index in [0.717, 1.165) is 13.0 Å². The molecule has 1 N–H and O–H groups in total. The highest BCUT2D eigenvalue weighted by atomic mass is 16.5. The molecule has 0 amide bonds. The van der Waals surface area contributed by atoms with Gasteiger partial charge in [-0.1, -0.05) is 19.3 Å². The highest BCUT2D eigenvalue weighted by molar-refractivity contribution is 5.76. The summed E-state index contributed by atoms with van der Waals surface area (Å²) in [6, 6.07) is -0.0434. The van der Waals surface area contributed by atoms with Gasteiger partial charge in [0.05, 0.1) is 7.11 Å². The third-order valence-electron chi connectivity index (χ3n) is 3.76. The van der Waals surface area contributed by atoms with Crippen molar-refractivity contribution < 1.29 is 9.53 Å². The van der Waals surface area contributed by atoms with Gasteiger partial charge in [-0.25, -0.2) is 0 Å². The van der Waals surface area contributed by atoms with Gasteiger partial charge in [0.2, 0.25) is 0 Å². The summed E-state index contributed by atoms with van der Waals surface area (Å²) in [6.07, 6.45) is 7.58. The number of ether oxygens (including phenoxy) is 1. The van der Waals surface area contributed by atoms with E-state index in [1.165, 1.54) is 39.2 Å². The number of methoxy groups -OCH3 is 1. The first-order valence-electron chi connectivity index (χ1n) is 5.57. The van der Waals surface area contributed by atoms with E-state index in [-0.39, 0.29) is 12.0 Å². The number of carbonyl (C=O) groups is 1. The SMILES string of the molecule is COC(=O)[C@@H]1CC2(CCCCC2)CN1. The van der Waals surface area contributed by atoms with E-state index < -0.39 is 0 Å². The second kappa shape index (κ2) is 3.89. The van der Waals surface area contributed by atoms with Crippen LogP contribution in [0, 0.1) is 5.41 Å². The molecule has 3 nitrogen and oxygen atoms in total.